The van der Waals surface area contributed by atoms with Crippen LogP contribution >= 0.6 is 0 Å². The van der Waals surface area contributed by atoms with Crippen molar-refractivity contribution in [3.8, 4) is 0 Å². The van der Waals surface area contributed by atoms with Crippen LogP contribution in [0.15, 0.2) is 48.7 Å². The number of fused-ring (bicyclic) bond motifs is 1. The summed E-state index contributed by atoms with van der Waals surface area (Å²) in [5.74, 6) is 0.226. The Labute approximate surface area is 130 Å². The van der Waals surface area contributed by atoms with Gasteiger partial charge in [-0.25, -0.2) is 4.98 Å². The lowest BCUT2D eigenvalue weighted by Crippen LogP contribution is -2.07. The fourth-order valence-corrected chi connectivity index (χ4v) is 2.94. The van der Waals surface area contributed by atoms with Crippen molar-refractivity contribution in [1.82, 2.24) is 9.55 Å². The van der Waals surface area contributed by atoms with Crippen LogP contribution in [0.4, 0.5) is 0 Å². The first kappa shape index (κ1) is 14.5. The van der Waals surface area contributed by atoms with Crippen LogP contribution in [0.3, 0.4) is 0 Å². The van der Waals surface area contributed by atoms with Gasteiger partial charge < -0.3 is 9.36 Å². The largest absolute Gasteiger partial charge is 0.325 e. The molecule has 0 aliphatic carbocycles. The van der Waals surface area contributed by atoms with Gasteiger partial charge in [0, 0.05) is 30.2 Å². The molecule has 3 nitrogen and oxygen atoms in total. The molecule has 1 aromatic carbocycles. The van der Waals surface area contributed by atoms with E-state index in [0.717, 1.165) is 18.6 Å². The molecule has 0 aliphatic rings. The Morgan fingerprint density at radius 3 is 2.64 bits per heavy atom. The zero-order valence-electron chi connectivity index (χ0n) is 13.0. The van der Waals surface area contributed by atoms with Crippen LogP contribution in [0.1, 0.15) is 30.2 Å². The summed E-state index contributed by atoms with van der Waals surface area (Å²) in [6, 6.07) is 14.5. The second kappa shape index (κ2) is 6.14. The van der Waals surface area contributed by atoms with Crippen molar-refractivity contribution in [3.63, 3.8) is 0 Å². The van der Waals surface area contributed by atoms with Crippen LogP contribution in [0.5, 0.6) is 0 Å². The van der Waals surface area contributed by atoms with E-state index in [1.165, 1.54) is 22.2 Å². The molecular weight excluding hydrogens is 272 g/mol. The van der Waals surface area contributed by atoms with Crippen molar-refractivity contribution >= 4 is 16.8 Å². The number of rotatable bonds is 5. The maximum absolute atomic E-state index is 11.4. The summed E-state index contributed by atoms with van der Waals surface area (Å²) >= 11 is 0. The highest BCUT2D eigenvalue weighted by Gasteiger charge is 2.15. The highest BCUT2D eigenvalue weighted by atomic mass is 16.1. The highest BCUT2D eigenvalue weighted by Crippen LogP contribution is 2.26. The van der Waals surface area contributed by atoms with E-state index in [1.807, 2.05) is 18.3 Å². The maximum Gasteiger partial charge on any atom is 0.140 e. The lowest BCUT2D eigenvalue weighted by atomic mass is 10.1. The average molecular weight is 292 g/mol. The molecule has 0 amide bonds. The number of benzene rings is 1. The molecule has 0 unspecified atom stereocenters. The predicted octanol–water partition coefficient (Wildman–Crippen LogP) is 3.91. The molecule has 2 aromatic heterocycles. The van der Waals surface area contributed by atoms with Crippen molar-refractivity contribution in [2.24, 2.45) is 0 Å². The minimum absolute atomic E-state index is 0.226. The zero-order chi connectivity index (χ0) is 15.5. The SMILES string of the molecule is CC(=O)CCc1c(C)c2cccnc2n1Cc1ccccc1. The topological polar surface area (TPSA) is 34.9 Å². The van der Waals surface area contributed by atoms with Crippen molar-refractivity contribution in [1.29, 1.82) is 0 Å². The Balaban J connectivity index is 2.08. The maximum atomic E-state index is 11.4. The fraction of sp³-hybridized carbons (Fsp3) is 0.263. The zero-order valence-corrected chi connectivity index (χ0v) is 13.0. The number of carbonyl (C=O) groups excluding carboxylic acids is 1. The van der Waals surface area contributed by atoms with E-state index >= 15 is 0 Å². The first-order valence-corrected chi connectivity index (χ1v) is 7.63. The molecule has 3 aromatic rings. The van der Waals surface area contributed by atoms with Gasteiger partial charge >= 0.3 is 0 Å². The normalized spacial score (nSPS) is 11.0. The third-order valence-corrected chi connectivity index (χ3v) is 4.10. The molecule has 112 valence electrons. The Hall–Kier alpha value is -2.42. The number of aryl methyl sites for hydroxylation is 1. The molecule has 0 saturated heterocycles. The van der Waals surface area contributed by atoms with E-state index in [0.29, 0.717) is 6.42 Å². The number of carbonyl (C=O) groups is 1. The first-order chi connectivity index (χ1) is 10.7. The predicted molar refractivity (Wildman–Crippen MR) is 89.0 cm³/mol. The van der Waals surface area contributed by atoms with Crippen LogP contribution < -0.4 is 0 Å². The molecule has 0 fully saturated rings. The lowest BCUT2D eigenvalue weighted by molar-refractivity contribution is -0.117. The number of nitrogens with zero attached hydrogens (tertiary/aromatic N) is 2. The van der Waals surface area contributed by atoms with Gasteiger partial charge in [-0.15, -0.1) is 0 Å². The molecule has 3 rings (SSSR count). The summed E-state index contributed by atoms with van der Waals surface area (Å²) in [5.41, 5.74) is 4.70. The van der Waals surface area contributed by atoms with Gasteiger partial charge in [-0.1, -0.05) is 30.3 Å². The van der Waals surface area contributed by atoms with E-state index in [2.05, 4.69) is 46.8 Å². The number of Topliss-reactive ketones (excluding diaryl/α,β-unsaturated/α-hetero) is 1. The Morgan fingerprint density at radius 2 is 1.91 bits per heavy atom. The summed E-state index contributed by atoms with van der Waals surface area (Å²) in [7, 11) is 0. The highest BCUT2D eigenvalue weighted by molar-refractivity contribution is 5.82. The van der Waals surface area contributed by atoms with E-state index in [-0.39, 0.29) is 5.78 Å². The molecule has 0 aliphatic heterocycles. The lowest BCUT2D eigenvalue weighted by Gasteiger charge is -2.11. The second-order valence-electron chi connectivity index (χ2n) is 5.72. The van der Waals surface area contributed by atoms with Gasteiger partial charge in [0.25, 0.3) is 0 Å². The van der Waals surface area contributed by atoms with E-state index in [1.54, 1.807) is 6.92 Å². The molecule has 3 heteroatoms. The molecule has 0 saturated carbocycles. The summed E-state index contributed by atoms with van der Waals surface area (Å²) in [5, 5.41) is 1.18. The second-order valence-corrected chi connectivity index (χ2v) is 5.72. The summed E-state index contributed by atoms with van der Waals surface area (Å²) < 4.78 is 2.25. The number of ketones is 1. The van der Waals surface area contributed by atoms with Crippen LogP contribution in [0.2, 0.25) is 0 Å². The number of aromatic nitrogens is 2. The van der Waals surface area contributed by atoms with Crippen molar-refractivity contribution in [2.45, 2.75) is 33.2 Å². The van der Waals surface area contributed by atoms with Gasteiger partial charge in [-0.3, -0.25) is 0 Å². The third kappa shape index (κ3) is 2.80. The molecule has 0 N–H and O–H groups in total. The molecule has 0 spiro atoms. The van der Waals surface area contributed by atoms with E-state index < -0.39 is 0 Å². The quantitative estimate of drug-likeness (QED) is 0.714. The van der Waals surface area contributed by atoms with Crippen molar-refractivity contribution in [2.75, 3.05) is 0 Å². The van der Waals surface area contributed by atoms with Gasteiger partial charge in [-0.2, -0.15) is 0 Å². The smallest absolute Gasteiger partial charge is 0.140 e. The monoisotopic (exact) mass is 292 g/mol. The molecular formula is C19H20N2O. The number of pyridine rings is 1. The molecule has 0 atom stereocenters. The van der Waals surface area contributed by atoms with Crippen LogP contribution in [0, 0.1) is 6.92 Å². The van der Waals surface area contributed by atoms with Crippen LogP contribution in [0.25, 0.3) is 11.0 Å². The van der Waals surface area contributed by atoms with Crippen LogP contribution in [-0.2, 0) is 17.8 Å². The van der Waals surface area contributed by atoms with Gasteiger partial charge in [0.1, 0.15) is 11.4 Å². The van der Waals surface area contributed by atoms with Crippen molar-refractivity contribution < 1.29 is 4.79 Å². The Morgan fingerprint density at radius 1 is 1.14 bits per heavy atom. The third-order valence-electron chi connectivity index (χ3n) is 4.10. The van der Waals surface area contributed by atoms with Gasteiger partial charge in [0.15, 0.2) is 0 Å². The summed E-state index contributed by atoms with van der Waals surface area (Å²) in [4.78, 5) is 16.0. The van der Waals surface area contributed by atoms with Crippen molar-refractivity contribution in [3.05, 3.63) is 65.5 Å². The Bertz CT molecular complexity index is 803. The fourth-order valence-electron chi connectivity index (χ4n) is 2.94. The van der Waals surface area contributed by atoms with Gasteiger partial charge in [-0.05, 0) is 43.5 Å². The minimum Gasteiger partial charge on any atom is -0.325 e. The molecule has 2 heterocycles. The average Bonchev–Trinajstić information content (AvgIpc) is 2.79. The van der Waals surface area contributed by atoms with E-state index in [4.69, 9.17) is 0 Å². The first-order valence-electron chi connectivity index (χ1n) is 7.63. The number of hydrogen-bond donors (Lipinski definition) is 0. The summed E-state index contributed by atoms with van der Waals surface area (Å²) in [6.45, 7) is 4.56. The Kier molecular flexibility index (Phi) is 4.05. The summed E-state index contributed by atoms with van der Waals surface area (Å²) in [6.07, 6.45) is 3.17. The molecule has 0 bridgehead atoms. The van der Waals surface area contributed by atoms with Gasteiger partial charge in [0.05, 0.1) is 0 Å². The standard InChI is InChI=1S/C19H20N2O/c1-14(22)10-11-18-15(2)17-9-6-12-20-19(17)21(18)13-16-7-4-3-5-8-16/h3-9,12H,10-11,13H2,1-2H3. The number of hydrogen-bond acceptors (Lipinski definition) is 2. The minimum atomic E-state index is 0.226. The van der Waals surface area contributed by atoms with Gasteiger partial charge in [0.2, 0.25) is 0 Å². The molecule has 0 radical (unpaired) electrons. The molecule has 22 heavy (non-hydrogen) atoms. The van der Waals surface area contributed by atoms with E-state index in [9.17, 15) is 4.79 Å². The van der Waals surface area contributed by atoms with Crippen LogP contribution in [-0.4, -0.2) is 15.3 Å².